The van der Waals surface area contributed by atoms with E-state index in [-0.39, 0.29) is 6.10 Å². The van der Waals surface area contributed by atoms with Gasteiger partial charge in [0.25, 0.3) is 0 Å². The number of hydrogen-bond donors (Lipinski definition) is 1. The summed E-state index contributed by atoms with van der Waals surface area (Å²) in [5.74, 6) is 0. The third kappa shape index (κ3) is 1.98. The van der Waals surface area contributed by atoms with Crippen molar-refractivity contribution < 1.29 is 5.11 Å². The van der Waals surface area contributed by atoms with Crippen molar-refractivity contribution in [2.75, 3.05) is 0 Å². The lowest BCUT2D eigenvalue weighted by Crippen LogP contribution is -2.15. The maximum absolute atomic E-state index is 9.46. The number of benzene rings is 1. The van der Waals surface area contributed by atoms with E-state index in [9.17, 15) is 5.11 Å². The Hall–Kier alpha value is -1.28. The molecule has 2 heteroatoms. The first-order valence-electron chi connectivity index (χ1n) is 6.51. The van der Waals surface area contributed by atoms with Crippen LogP contribution in [0.2, 0.25) is 0 Å². The highest BCUT2D eigenvalue weighted by Crippen LogP contribution is 2.34. The third-order valence-electron chi connectivity index (χ3n) is 3.79. The molecule has 1 aromatic heterocycles. The van der Waals surface area contributed by atoms with E-state index >= 15 is 0 Å². The molecular formula is C15H19NO. The Kier molecular flexibility index (Phi) is 2.67. The molecule has 1 saturated carbocycles. The average molecular weight is 229 g/mol. The molecule has 1 aliphatic carbocycles. The van der Waals surface area contributed by atoms with Crippen LogP contribution in [0.25, 0.3) is 10.9 Å². The lowest BCUT2D eigenvalue weighted by Gasteiger charge is -2.28. The van der Waals surface area contributed by atoms with E-state index in [1.54, 1.807) is 0 Å². The topological polar surface area (TPSA) is 25.2 Å². The van der Waals surface area contributed by atoms with Crippen LogP contribution in [0.3, 0.4) is 0 Å². The Labute approximate surface area is 102 Å². The summed E-state index contributed by atoms with van der Waals surface area (Å²) in [4.78, 5) is 0. The fraction of sp³-hybridized carbons (Fsp3) is 0.467. The number of aromatic nitrogens is 1. The van der Waals surface area contributed by atoms with Gasteiger partial charge in [0.1, 0.15) is 0 Å². The van der Waals surface area contributed by atoms with Gasteiger partial charge < -0.3 is 9.67 Å². The smallest absolute Gasteiger partial charge is 0.0552 e. The molecule has 0 aliphatic heterocycles. The number of fused-ring (bicyclic) bond motifs is 1. The van der Waals surface area contributed by atoms with Gasteiger partial charge in [-0.25, -0.2) is 0 Å². The van der Waals surface area contributed by atoms with Gasteiger partial charge in [-0.05, 0) is 55.7 Å². The van der Waals surface area contributed by atoms with E-state index in [1.165, 1.54) is 35.7 Å². The standard InChI is InChI=1S/C15H19NO/c1-11(17)9-12-5-6-13-7-8-16(15(13)10-12)14-3-2-4-14/h5-8,10-11,14,17H,2-4,9H2,1H3. The van der Waals surface area contributed by atoms with Crippen molar-refractivity contribution in [1.29, 1.82) is 0 Å². The lowest BCUT2D eigenvalue weighted by molar-refractivity contribution is 0.195. The van der Waals surface area contributed by atoms with Gasteiger partial charge in [-0.1, -0.05) is 12.1 Å². The molecule has 2 aromatic rings. The number of aliphatic hydroxyl groups is 1. The molecule has 1 atom stereocenters. The summed E-state index contributed by atoms with van der Waals surface area (Å²) < 4.78 is 2.41. The molecule has 0 radical (unpaired) electrons. The van der Waals surface area contributed by atoms with Crippen LogP contribution in [0.15, 0.2) is 30.5 Å². The predicted octanol–water partition coefficient (Wildman–Crippen LogP) is 3.29. The maximum atomic E-state index is 9.46. The van der Waals surface area contributed by atoms with Gasteiger partial charge in [-0.2, -0.15) is 0 Å². The molecule has 2 nitrogen and oxygen atoms in total. The number of nitrogens with zero attached hydrogens (tertiary/aromatic N) is 1. The van der Waals surface area contributed by atoms with Crippen LogP contribution in [0.5, 0.6) is 0 Å². The van der Waals surface area contributed by atoms with Gasteiger partial charge >= 0.3 is 0 Å². The van der Waals surface area contributed by atoms with E-state index in [2.05, 4.69) is 35.0 Å². The summed E-state index contributed by atoms with van der Waals surface area (Å²) in [5.41, 5.74) is 2.56. The predicted molar refractivity (Wildman–Crippen MR) is 70.2 cm³/mol. The molecule has 90 valence electrons. The fourth-order valence-corrected chi connectivity index (χ4v) is 2.65. The van der Waals surface area contributed by atoms with Gasteiger partial charge in [0.2, 0.25) is 0 Å². The van der Waals surface area contributed by atoms with E-state index < -0.39 is 0 Å². The minimum atomic E-state index is -0.264. The monoisotopic (exact) mass is 229 g/mol. The first-order chi connectivity index (χ1) is 8.24. The Morgan fingerprint density at radius 2 is 2.18 bits per heavy atom. The molecule has 0 bridgehead atoms. The second-order valence-electron chi connectivity index (χ2n) is 5.25. The normalized spacial score (nSPS) is 18.2. The van der Waals surface area contributed by atoms with Crippen molar-refractivity contribution in [2.45, 2.75) is 44.8 Å². The van der Waals surface area contributed by atoms with Crippen molar-refractivity contribution >= 4 is 10.9 Å². The largest absolute Gasteiger partial charge is 0.393 e. The van der Waals surface area contributed by atoms with Gasteiger partial charge in [0, 0.05) is 17.8 Å². The van der Waals surface area contributed by atoms with Gasteiger partial charge in [-0.15, -0.1) is 0 Å². The van der Waals surface area contributed by atoms with Gasteiger partial charge in [0.15, 0.2) is 0 Å². The Morgan fingerprint density at radius 1 is 1.35 bits per heavy atom. The molecule has 1 fully saturated rings. The summed E-state index contributed by atoms with van der Waals surface area (Å²) in [6.45, 7) is 1.84. The molecule has 1 N–H and O–H groups in total. The molecule has 1 heterocycles. The van der Waals surface area contributed by atoms with Crippen LogP contribution in [0.4, 0.5) is 0 Å². The Morgan fingerprint density at radius 3 is 2.82 bits per heavy atom. The first-order valence-corrected chi connectivity index (χ1v) is 6.51. The van der Waals surface area contributed by atoms with Crippen LogP contribution in [0, 0.1) is 0 Å². The van der Waals surface area contributed by atoms with E-state index in [0.717, 1.165) is 6.42 Å². The second-order valence-corrected chi connectivity index (χ2v) is 5.25. The zero-order valence-electron chi connectivity index (χ0n) is 10.3. The van der Waals surface area contributed by atoms with Crippen molar-refractivity contribution in [1.82, 2.24) is 4.57 Å². The number of hydrogen-bond acceptors (Lipinski definition) is 1. The Balaban J connectivity index is 2.00. The fourth-order valence-electron chi connectivity index (χ4n) is 2.65. The zero-order chi connectivity index (χ0) is 11.8. The van der Waals surface area contributed by atoms with Crippen molar-refractivity contribution in [2.24, 2.45) is 0 Å². The molecule has 3 rings (SSSR count). The Bertz CT molecular complexity index is 523. The number of rotatable bonds is 3. The minimum absolute atomic E-state index is 0.264. The van der Waals surface area contributed by atoms with Crippen LogP contribution < -0.4 is 0 Å². The lowest BCUT2D eigenvalue weighted by atomic mass is 9.93. The third-order valence-corrected chi connectivity index (χ3v) is 3.79. The summed E-state index contributed by atoms with van der Waals surface area (Å²) >= 11 is 0. The molecule has 0 spiro atoms. The van der Waals surface area contributed by atoms with Gasteiger partial charge in [-0.3, -0.25) is 0 Å². The quantitative estimate of drug-likeness (QED) is 0.858. The molecule has 17 heavy (non-hydrogen) atoms. The van der Waals surface area contributed by atoms with Crippen molar-refractivity contribution in [3.63, 3.8) is 0 Å². The van der Waals surface area contributed by atoms with Gasteiger partial charge in [0.05, 0.1) is 6.10 Å². The summed E-state index contributed by atoms with van der Waals surface area (Å²) in [6, 6.07) is 9.43. The summed E-state index contributed by atoms with van der Waals surface area (Å²) in [5, 5.41) is 10.8. The zero-order valence-corrected chi connectivity index (χ0v) is 10.3. The molecule has 0 saturated heterocycles. The molecular weight excluding hydrogens is 210 g/mol. The maximum Gasteiger partial charge on any atom is 0.0552 e. The molecule has 0 amide bonds. The molecule has 1 aliphatic rings. The van der Waals surface area contributed by atoms with Crippen LogP contribution in [-0.2, 0) is 6.42 Å². The minimum Gasteiger partial charge on any atom is -0.393 e. The second kappa shape index (κ2) is 4.19. The molecule has 1 aromatic carbocycles. The first kappa shape index (κ1) is 10.8. The van der Waals surface area contributed by atoms with E-state index in [1.807, 2.05) is 6.92 Å². The summed E-state index contributed by atoms with van der Waals surface area (Å²) in [7, 11) is 0. The molecule has 1 unspecified atom stereocenters. The van der Waals surface area contributed by atoms with Crippen LogP contribution in [-0.4, -0.2) is 15.8 Å². The highest BCUT2D eigenvalue weighted by molar-refractivity contribution is 5.81. The van der Waals surface area contributed by atoms with E-state index in [4.69, 9.17) is 0 Å². The highest BCUT2D eigenvalue weighted by atomic mass is 16.3. The highest BCUT2D eigenvalue weighted by Gasteiger charge is 2.20. The van der Waals surface area contributed by atoms with Crippen molar-refractivity contribution in [3.05, 3.63) is 36.0 Å². The van der Waals surface area contributed by atoms with E-state index in [0.29, 0.717) is 6.04 Å². The SMILES string of the molecule is CC(O)Cc1ccc2ccn(C3CCC3)c2c1. The van der Waals surface area contributed by atoms with Crippen LogP contribution >= 0.6 is 0 Å². The summed E-state index contributed by atoms with van der Waals surface area (Å²) in [6.07, 6.45) is 6.67. The number of aliphatic hydroxyl groups excluding tert-OH is 1. The van der Waals surface area contributed by atoms with Crippen molar-refractivity contribution in [3.8, 4) is 0 Å². The average Bonchev–Trinajstić information content (AvgIpc) is 2.58. The van der Waals surface area contributed by atoms with Crippen LogP contribution in [0.1, 0.15) is 37.8 Å².